The summed E-state index contributed by atoms with van der Waals surface area (Å²) < 4.78 is 61.3. The summed E-state index contributed by atoms with van der Waals surface area (Å²) in [6, 6.07) is 11.6. The lowest BCUT2D eigenvalue weighted by molar-refractivity contribution is -0.384. The highest BCUT2D eigenvalue weighted by molar-refractivity contribution is 7.92. The minimum absolute atomic E-state index is 0.0133. The van der Waals surface area contributed by atoms with Gasteiger partial charge in [-0.3, -0.25) is 10.1 Å². The molecule has 0 amide bonds. The van der Waals surface area contributed by atoms with Gasteiger partial charge in [0.25, 0.3) is 15.5 Å². The Morgan fingerprint density at radius 1 is 1.14 bits per heavy atom. The molecule has 1 heterocycles. The number of para-hydroxylation sites is 1. The van der Waals surface area contributed by atoms with Crippen molar-refractivity contribution in [3.05, 3.63) is 58.6 Å². The SMILES string of the molecule is O=[N+]([O-])c1cc(S(=O)(=O)C(F)(F)F)ccc1N1CCC(Nc2ccccc2)C1. The monoisotopic (exact) mass is 415 g/mol. The molecule has 0 aromatic heterocycles. The molecule has 1 N–H and O–H groups in total. The van der Waals surface area contributed by atoms with Crippen LogP contribution >= 0.6 is 0 Å². The van der Waals surface area contributed by atoms with Crippen LogP contribution in [-0.4, -0.2) is 38.0 Å². The van der Waals surface area contributed by atoms with E-state index in [4.69, 9.17) is 0 Å². The van der Waals surface area contributed by atoms with Crippen molar-refractivity contribution in [3.8, 4) is 0 Å². The van der Waals surface area contributed by atoms with E-state index >= 15 is 0 Å². The molecule has 1 saturated heterocycles. The molecule has 1 fully saturated rings. The molecule has 150 valence electrons. The highest BCUT2D eigenvalue weighted by atomic mass is 32.2. The number of nitro groups is 1. The van der Waals surface area contributed by atoms with E-state index in [1.165, 1.54) is 0 Å². The van der Waals surface area contributed by atoms with Crippen molar-refractivity contribution in [3.63, 3.8) is 0 Å². The summed E-state index contributed by atoms with van der Waals surface area (Å²) in [5.74, 6) is 0. The largest absolute Gasteiger partial charge is 0.501 e. The normalized spacial score (nSPS) is 17.5. The first-order valence-electron chi connectivity index (χ1n) is 8.26. The molecule has 28 heavy (non-hydrogen) atoms. The Morgan fingerprint density at radius 2 is 1.82 bits per heavy atom. The van der Waals surface area contributed by atoms with Crippen molar-refractivity contribution >= 4 is 26.9 Å². The molecule has 1 aliphatic heterocycles. The van der Waals surface area contributed by atoms with Gasteiger partial charge in [0, 0.05) is 30.9 Å². The molecule has 0 bridgehead atoms. The van der Waals surface area contributed by atoms with Crippen molar-refractivity contribution in [2.75, 3.05) is 23.3 Å². The first kappa shape index (κ1) is 19.9. The lowest BCUT2D eigenvalue weighted by Crippen LogP contribution is -2.27. The molecule has 7 nitrogen and oxygen atoms in total. The second-order valence-corrected chi connectivity index (χ2v) is 8.24. The molecule has 0 saturated carbocycles. The van der Waals surface area contributed by atoms with Gasteiger partial charge in [-0.25, -0.2) is 8.42 Å². The number of hydrogen-bond acceptors (Lipinski definition) is 6. The fourth-order valence-electron chi connectivity index (χ4n) is 3.08. The van der Waals surface area contributed by atoms with Gasteiger partial charge in [0.2, 0.25) is 0 Å². The number of nitrogens with one attached hydrogen (secondary N) is 1. The second kappa shape index (κ2) is 7.30. The van der Waals surface area contributed by atoms with Crippen LogP contribution in [0.25, 0.3) is 0 Å². The van der Waals surface area contributed by atoms with Crippen molar-refractivity contribution in [1.82, 2.24) is 0 Å². The van der Waals surface area contributed by atoms with Gasteiger partial charge in [-0.2, -0.15) is 13.2 Å². The van der Waals surface area contributed by atoms with Crippen LogP contribution in [0.4, 0.5) is 30.2 Å². The minimum atomic E-state index is -5.66. The molecule has 11 heteroatoms. The molecule has 2 aromatic rings. The number of sulfone groups is 1. The Bertz CT molecular complexity index is 981. The average Bonchev–Trinajstić information content (AvgIpc) is 3.09. The number of hydrogen-bond donors (Lipinski definition) is 1. The zero-order valence-corrected chi connectivity index (χ0v) is 15.2. The van der Waals surface area contributed by atoms with Crippen LogP contribution in [0.3, 0.4) is 0 Å². The zero-order chi connectivity index (χ0) is 20.5. The van der Waals surface area contributed by atoms with Gasteiger partial charge < -0.3 is 10.2 Å². The quantitative estimate of drug-likeness (QED) is 0.593. The summed E-state index contributed by atoms with van der Waals surface area (Å²) in [5, 5.41) is 14.7. The van der Waals surface area contributed by atoms with E-state index < -0.39 is 30.9 Å². The Morgan fingerprint density at radius 3 is 2.43 bits per heavy atom. The molecule has 1 atom stereocenters. The van der Waals surface area contributed by atoms with Crippen LogP contribution < -0.4 is 10.2 Å². The standard InChI is InChI=1S/C17H16F3N3O4S/c18-17(19,20)28(26,27)14-6-7-15(16(10-14)23(24)25)22-9-8-13(11-22)21-12-4-2-1-3-5-12/h1-7,10,13,21H,8-9,11H2. The third kappa shape index (κ3) is 3.88. The number of benzene rings is 2. The third-order valence-electron chi connectivity index (χ3n) is 4.43. The maximum atomic E-state index is 12.7. The summed E-state index contributed by atoms with van der Waals surface area (Å²) in [6.45, 7) is 0.831. The van der Waals surface area contributed by atoms with Crippen molar-refractivity contribution in [2.45, 2.75) is 22.9 Å². The molecule has 2 aromatic carbocycles. The maximum absolute atomic E-state index is 12.7. The molecule has 1 unspecified atom stereocenters. The fourth-order valence-corrected chi connectivity index (χ4v) is 3.87. The molecule has 0 spiro atoms. The summed E-state index contributed by atoms with van der Waals surface area (Å²) in [6.07, 6.45) is 0.661. The zero-order valence-electron chi connectivity index (χ0n) is 14.4. The van der Waals surface area contributed by atoms with Gasteiger partial charge in [0.05, 0.1) is 9.82 Å². The van der Waals surface area contributed by atoms with Gasteiger partial charge in [-0.15, -0.1) is 0 Å². The van der Waals surface area contributed by atoms with Crippen LogP contribution in [0.15, 0.2) is 53.4 Å². The topological polar surface area (TPSA) is 92.5 Å². The third-order valence-corrected chi connectivity index (χ3v) is 5.92. The maximum Gasteiger partial charge on any atom is 0.501 e. The molecular formula is C17H16F3N3O4S. The predicted molar refractivity (Wildman–Crippen MR) is 97.0 cm³/mol. The average molecular weight is 415 g/mol. The molecule has 0 aliphatic carbocycles. The summed E-state index contributed by atoms with van der Waals surface area (Å²) >= 11 is 0. The number of nitro benzene ring substituents is 1. The Balaban J connectivity index is 1.86. The van der Waals surface area contributed by atoms with Crippen molar-refractivity contribution < 1.29 is 26.5 Å². The highest BCUT2D eigenvalue weighted by Gasteiger charge is 2.47. The van der Waals surface area contributed by atoms with Gasteiger partial charge in [0.15, 0.2) is 0 Å². The van der Waals surface area contributed by atoms with E-state index in [9.17, 15) is 31.7 Å². The molecule has 1 aliphatic rings. The van der Waals surface area contributed by atoms with E-state index in [0.717, 1.165) is 17.8 Å². The highest BCUT2D eigenvalue weighted by Crippen LogP contribution is 2.37. The van der Waals surface area contributed by atoms with Crippen LogP contribution in [0.5, 0.6) is 0 Å². The van der Waals surface area contributed by atoms with E-state index in [1.54, 1.807) is 4.90 Å². The van der Waals surface area contributed by atoms with Gasteiger partial charge in [-0.05, 0) is 30.7 Å². The van der Waals surface area contributed by atoms with E-state index in [2.05, 4.69) is 5.32 Å². The number of anilines is 2. The van der Waals surface area contributed by atoms with Gasteiger partial charge in [0.1, 0.15) is 5.69 Å². The Kier molecular flexibility index (Phi) is 5.20. The Hall–Kier alpha value is -2.82. The Labute approximate surface area is 158 Å². The lowest BCUT2D eigenvalue weighted by Gasteiger charge is -2.20. The molecule has 0 radical (unpaired) electrons. The first-order valence-corrected chi connectivity index (χ1v) is 9.74. The number of alkyl halides is 3. The van der Waals surface area contributed by atoms with Crippen LogP contribution in [0, 0.1) is 10.1 Å². The first-order chi connectivity index (χ1) is 13.1. The minimum Gasteiger partial charge on any atom is -0.380 e. The number of nitrogens with zero attached hydrogens (tertiary/aromatic N) is 2. The number of rotatable bonds is 5. The van der Waals surface area contributed by atoms with Crippen LogP contribution in [0.2, 0.25) is 0 Å². The van der Waals surface area contributed by atoms with Gasteiger partial charge >= 0.3 is 5.51 Å². The van der Waals surface area contributed by atoms with Crippen LogP contribution in [-0.2, 0) is 9.84 Å². The van der Waals surface area contributed by atoms with Crippen LogP contribution in [0.1, 0.15) is 6.42 Å². The summed E-state index contributed by atoms with van der Waals surface area (Å²) in [7, 11) is -5.66. The van der Waals surface area contributed by atoms with E-state index in [-0.39, 0.29) is 11.7 Å². The molecule has 3 rings (SSSR count). The second-order valence-electron chi connectivity index (χ2n) is 6.30. The predicted octanol–water partition coefficient (Wildman–Crippen LogP) is 3.58. The van der Waals surface area contributed by atoms with E-state index in [0.29, 0.717) is 25.6 Å². The van der Waals surface area contributed by atoms with Gasteiger partial charge in [-0.1, -0.05) is 18.2 Å². The summed E-state index contributed by atoms with van der Waals surface area (Å²) in [5.41, 5.74) is -5.23. The van der Waals surface area contributed by atoms with E-state index in [1.807, 2.05) is 30.3 Å². The lowest BCUT2D eigenvalue weighted by atomic mass is 10.2. The number of halogens is 3. The van der Waals surface area contributed by atoms with Crippen molar-refractivity contribution in [1.29, 1.82) is 0 Å². The summed E-state index contributed by atoms with van der Waals surface area (Å²) in [4.78, 5) is 11.0. The molecular weight excluding hydrogens is 399 g/mol. The van der Waals surface area contributed by atoms with Crippen molar-refractivity contribution in [2.24, 2.45) is 0 Å². The fraction of sp³-hybridized carbons (Fsp3) is 0.294. The smallest absolute Gasteiger partial charge is 0.380 e.